The van der Waals surface area contributed by atoms with Crippen LogP contribution in [-0.2, 0) is 13.2 Å². The van der Waals surface area contributed by atoms with Crippen LogP contribution in [0, 0.1) is 0 Å². The quantitative estimate of drug-likeness (QED) is 0.582. The van der Waals surface area contributed by atoms with Gasteiger partial charge >= 0.3 is 6.18 Å². The molecule has 114 valence electrons. The minimum absolute atomic E-state index is 0.372. The first kappa shape index (κ1) is 16.5. The summed E-state index contributed by atoms with van der Waals surface area (Å²) >= 11 is 6.59. The summed E-state index contributed by atoms with van der Waals surface area (Å²) in [4.78, 5) is 0. The molecule has 0 bridgehead atoms. The van der Waals surface area contributed by atoms with E-state index in [0.717, 1.165) is 12.1 Å². The Kier molecular flexibility index (Phi) is 4.76. The van der Waals surface area contributed by atoms with Crippen LogP contribution in [0.2, 0.25) is 0 Å². The third kappa shape index (κ3) is 3.31. The average molecular weight is 428 g/mol. The molecular weight excluding hydrogens is 417 g/mol. The fourth-order valence-corrected chi connectivity index (χ4v) is 3.05. The lowest BCUT2D eigenvalue weighted by atomic mass is 10.0. The standard InChI is InChI=1S/C12H11Br2F3N4/c1-21-11(9(14)5-19-21)10(20-18)7-4-6(12(15,16)17)2-3-8(7)13/h2-5,10,20H,18H2,1H3. The molecule has 0 aliphatic heterocycles. The molecule has 9 heteroatoms. The van der Waals surface area contributed by atoms with E-state index in [1.165, 1.54) is 6.07 Å². The molecule has 2 rings (SSSR count). The molecule has 1 atom stereocenters. The topological polar surface area (TPSA) is 55.9 Å². The number of nitrogens with one attached hydrogen (secondary N) is 1. The summed E-state index contributed by atoms with van der Waals surface area (Å²) < 4.78 is 41.3. The summed E-state index contributed by atoms with van der Waals surface area (Å²) in [6.07, 6.45) is -2.86. The second-order valence-electron chi connectivity index (χ2n) is 4.34. The number of aromatic nitrogens is 2. The normalized spacial score (nSPS) is 13.5. The number of alkyl halides is 3. The molecule has 0 saturated heterocycles. The molecule has 0 amide bonds. The van der Waals surface area contributed by atoms with E-state index in [0.29, 0.717) is 20.2 Å². The predicted octanol–water partition coefficient (Wildman–Crippen LogP) is 3.52. The third-order valence-electron chi connectivity index (χ3n) is 3.01. The Balaban J connectivity index is 2.58. The lowest BCUT2D eigenvalue weighted by Crippen LogP contribution is -2.31. The summed E-state index contributed by atoms with van der Waals surface area (Å²) in [6.45, 7) is 0. The van der Waals surface area contributed by atoms with Gasteiger partial charge in [0.2, 0.25) is 0 Å². The van der Waals surface area contributed by atoms with Crippen molar-refractivity contribution in [2.75, 3.05) is 0 Å². The largest absolute Gasteiger partial charge is 0.416 e. The molecule has 1 heterocycles. The summed E-state index contributed by atoms with van der Waals surface area (Å²) in [5.41, 5.74) is 2.79. The van der Waals surface area contributed by atoms with Crippen molar-refractivity contribution in [3.05, 3.63) is 50.2 Å². The van der Waals surface area contributed by atoms with Crippen molar-refractivity contribution in [1.29, 1.82) is 0 Å². The molecule has 3 N–H and O–H groups in total. The predicted molar refractivity (Wildman–Crippen MR) is 79.2 cm³/mol. The molecule has 1 aromatic carbocycles. The fourth-order valence-electron chi connectivity index (χ4n) is 2.00. The Morgan fingerprint density at radius 3 is 2.43 bits per heavy atom. The smallest absolute Gasteiger partial charge is 0.271 e. The first-order chi connectivity index (χ1) is 9.75. The van der Waals surface area contributed by atoms with E-state index in [1.54, 1.807) is 17.9 Å². The molecule has 1 unspecified atom stereocenters. The van der Waals surface area contributed by atoms with Crippen molar-refractivity contribution in [2.45, 2.75) is 12.2 Å². The molecule has 4 nitrogen and oxygen atoms in total. The summed E-state index contributed by atoms with van der Waals surface area (Å²) in [5.74, 6) is 5.55. The summed E-state index contributed by atoms with van der Waals surface area (Å²) in [5, 5.41) is 4.05. The van der Waals surface area contributed by atoms with Gasteiger partial charge < -0.3 is 0 Å². The maximum atomic E-state index is 12.9. The van der Waals surface area contributed by atoms with Crippen molar-refractivity contribution < 1.29 is 13.2 Å². The van der Waals surface area contributed by atoms with Crippen LogP contribution in [0.15, 0.2) is 33.3 Å². The number of nitrogens with two attached hydrogens (primary N) is 1. The molecule has 2 aromatic rings. The van der Waals surface area contributed by atoms with Crippen LogP contribution < -0.4 is 11.3 Å². The van der Waals surface area contributed by atoms with E-state index in [1.807, 2.05) is 0 Å². The van der Waals surface area contributed by atoms with Gasteiger partial charge in [0, 0.05) is 11.5 Å². The van der Waals surface area contributed by atoms with Crippen molar-refractivity contribution in [3.8, 4) is 0 Å². The zero-order chi connectivity index (χ0) is 15.8. The highest BCUT2D eigenvalue weighted by Crippen LogP contribution is 2.36. The Labute approximate surface area is 135 Å². The number of benzene rings is 1. The van der Waals surface area contributed by atoms with Gasteiger partial charge in [-0.25, -0.2) is 5.43 Å². The Bertz CT molecular complexity index is 635. The summed E-state index contributed by atoms with van der Waals surface area (Å²) in [6, 6.07) is 2.78. The van der Waals surface area contributed by atoms with Gasteiger partial charge in [-0.1, -0.05) is 15.9 Å². The van der Waals surface area contributed by atoms with Crippen LogP contribution in [0.4, 0.5) is 13.2 Å². The maximum Gasteiger partial charge on any atom is 0.416 e. The molecule has 21 heavy (non-hydrogen) atoms. The molecule has 0 aliphatic rings. The van der Waals surface area contributed by atoms with Crippen molar-refractivity contribution in [2.24, 2.45) is 12.9 Å². The second-order valence-corrected chi connectivity index (χ2v) is 6.04. The van der Waals surface area contributed by atoms with Gasteiger partial charge in [-0.2, -0.15) is 18.3 Å². The van der Waals surface area contributed by atoms with Crippen LogP contribution >= 0.6 is 31.9 Å². The van der Waals surface area contributed by atoms with E-state index in [9.17, 15) is 13.2 Å². The van der Waals surface area contributed by atoms with Gasteiger partial charge in [0.25, 0.3) is 0 Å². The van der Waals surface area contributed by atoms with Gasteiger partial charge in [-0.05, 0) is 39.7 Å². The van der Waals surface area contributed by atoms with Crippen molar-refractivity contribution >= 4 is 31.9 Å². The van der Waals surface area contributed by atoms with Crippen LogP contribution in [0.25, 0.3) is 0 Å². The number of aryl methyl sites for hydroxylation is 1. The van der Waals surface area contributed by atoms with Gasteiger partial charge in [0.05, 0.1) is 28.0 Å². The Morgan fingerprint density at radius 1 is 1.29 bits per heavy atom. The highest BCUT2D eigenvalue weighted by molar-refractivity contribution is 9.10. The number of halogens is 5. The van der Waals surface area contributed by atoms with Crippen molar-refractivity contribution in [3.63, 3.8) is 0 Å². The van der Waals surface area contributed by atoms with E-state index in [4.69, 9.17) is 5.84 Å². The zero-order valence-corrected chi connectivity index (χ0v) is 13.9. The molecule has 1 aromatic heterocycles. The van der Waals surface area contributed by atoms with E-state index in [2.05, 4.69) is 42.4 Å². The number of hydrogen-bond donors (Lipinski definition) is 2. The molecule has 0 radical (unpaired) electrons. The van der Waals surface area contributed by atoms with E-state index in [-0.39, 0.29) is 0 Å². The lowest BCUT2D eigenvalue weighted by Gasteiger charge is -2.20. The monoisotopic (exact) mass is 426 g/mol. The van der Waals surface area contributed by atoms with E-state index < -0.39 is 17.8 Å². The van der Waals surface area contributed by atoms with E-state index >= 15 is 0 Å². The van der Waals surface area contributed by atoms with Gasteiger partial charge in [-0.15, -0.1) is 0 Å². The minimum Gasteiger partial charge on any atom is -0.271 e. The highest BCUT2D eigenvalue weighted by atomic mass is 79.9. The minimum atomic E-state index is -4.42. The second kappa shape index (κ2) is 6.07. The number of hydrogen-bond acceptors (Lipinski definition) is 3. The number of hydrazine groups is 1. The van der Waals surface area contributed by atoms with Gasteiger partial charge in [-0.3, -0.25) is 10.5 Å². The molecule has 0 fully saturated rings. The first-order valence-corrected chi connectivity index (χ1v) is 7.34. The zero-order valence-electron chi connectivity index (χ0n) is 10.7. The van der Waals surface area contributed by atoms with Gasteiger partial charge in [0.1, 0.15) is 0 Å². The summed E-state index contributed by atoms with van der Waals surface area (Å²) in [7, 11) is 1.69. The SMILES string of the molecule is Cn1ncc(Br)c1C(NN)c1cc(C(F)(F)F)ccc1Br. The molecule has 0 spiro atoms. The molecular formula is C12H11Br2F3N4. The Hall–Kier alpha value is -0.900. The maximum absolute atomic E-state index is 12.9. The Morgan fingerprint density at radius 2 is 1.95 bits per heavy atom. The van der Waals surface area contributed by atoms with Crippen LogP contribution in [0.1, 0.15) is 22.9 Å². The third-order valence-corrected chi connectivity index (χ3v) is 4.35. The molecule has 0 saturated carbocycles. The van der Waals surface area contributed by atoms with Crippen molar-refractivity contribution in [1.82, 2.24) is 15.2 Å². The number of nitrogens with zero attached hydrogens (tertiary/aromatic N) is 2. The van der Waals surface area contributed by atoms with Crippen LogP contribution in [0.3, 0.4) is 0 Å². The first-order valence-electron chi connectivity index (χ1n) is 5.76. The van der Waals surface area contributed by atoms with Crippen LogP contribution in [-0.4, -0.2) is 9.78 Å². The number of rotatable bonds is 3. The average Bonchev–Trinajstić information content (AvgIpc) is 2.72. The van der Waals surface area contributed by atoms with Gasteiger partial charge in [0.15, 0.2) is 0 Å². The highest BCUT2D eigenvalue weighted by Gasteiger charge is 2.32. The van der Waals surface area contributed by atoms with Crippen LogP contribution in [0.5, 0.6) is 0 Å². The molecule has 0 aliphatic carbocycles. The fraction of sp³-hybridized carbons (Fsp3) is 0.250. The lowest BCUT2D eigenvalue weighted by molar-refractivity contribution is -0.137.